The van der Waals surface area contributed by atoms with Gasteiger partial charge in [-0.3, -0.25) is 4.79 Å². The van der Waals surface area contributed by atoms with Crippen LogP contribution in [0.4, 0.5) is 5.69 Å². The fraction of sp³-hybridized carbons (Fsp3) is 0.214. The Kier molecular flexibility index (Phi) is 5.63. The van der Waals surface area contributed by atoms with Crippen LogP contribution in [0.1, 0.15) is 12.5 Å². The Bertz CT molecular complexity index is 478. The molecule has 0 unspecified atom stereocenters. The zero-order valence-corrected chi connectivity index (χ0v) is 10.9. The molecular weight excluding hydrogens is 242 g/mol. The van der Waals surface area contributed by atoms with E-state index in [4.69, 9.17) is 10.8 Å². The van der Waals surface area contributed by atoms with Gasteiger partial charge in [-0.25, -0.2) is 0 Å². The maximum Gasteiger partial charge on any atom is 0.246 e. The van der Waals surface area contributed by atoms with E-state index in [9.17, 15) is 4.79 Å². The average Bonchev–Trinajstić information content (AvgIpc) is 2.42. The van der Waals surface area contributed by atoms with Crippen molar-refractivity contribution in [1.82, 2.24) is 5.32 Å². The van der Waals surface area contributed by atoms with Crippen molar-refractivity contribution in [3.8, 4) is 0 Å². The second-order valence-corrected chi connectivity index (χ2v) is 4.18. The minimum atomic E-state index is -0.183. The van der Waals surface area contributed by atoms with Gasteiger partial charge in [-0.05, 0) is 24.6 Å². The Labute approximate surface area is 112 Å². The molecule has 1 amide bonds. The van der Waals surface area contributed by atoms with Gasteiger partial charge < -0.3 is 21.5 Å². The quantitative estimate of drug-likeness (QED) is 0.577. The summed E-state index contributed by atoms with van der Waals surface area (Å²) >= 11 is 0. The molecular formula is C14H19N3O2. The van der Waals surface area contributed by atoms with Gasteiger partial charge in [0.1, 0.15) is 0 Å². The van der Waals surface area contributed by atoms with Gasteiger partial charge in [0.05, 0.1) is 12.3 Å². The third-order valence-electron chi connectivity index (χ3n) is 2.40. The number of hydrogen-bond donors (Lipinski definition) is 4. The number of carbonyl (C=O) groups excluding carboxylic acids is 1. The number of amides is 1. The number of rotatable bonds is 6. The molecule has 1 aromatic carbocycles. The molecule has 102 valence electrons. The third-order valence-corrected chi connectivity index (χ3v) is 2.40. The molecule has 0 heterocycles. The topological polar surface area (TPSA) is 87.4 Å². The van der Waals surface area contributed by atoms with Crippen LogP contribution in [-0.4, -0.2) is 17.6 Å². The van der Waals surface area contributed by atoms with Crippen LogP contribution >= 0.6 is 0 Å². The Morgan fingerprint density at radius 1 is 1.42 bits per heavy atom. The first-order valence-electron chi connectivity index (χ1n) is 5.87. The standard InChI is InChI=1S/C14H19N3O2/c1-10(2)14(19)17-7-11-3-5-13(6-4-11)16-8-12(15)9-18/h3-6,8,16,18H,1,7,9,15H2,2H3,(H,17,19)/b12-8-. The van der Waals surface area contributed by atoms with Crippen molar-refractivity contribution >= 4 is 11.6 Å². The molecule has 0 atom stereocenters. The van der Waals surface area contributed by atoms with E-state index in [1.54, 1.807) is 6.92 Å². The lowest BCUT2D eigenvalue weighted by Gasteiger charge is -2.06. The first-order chi connectivity index (χ1) is 9.02. The van der Waals surface area contributed by atoms with Crippen molar-refractivity contribution in [2.24, 2.45) is 5.73 Å². The van der Waals surface area contributed by atoms with Gasteiger partial charge in [0, 0.05) is 24.0 Å². The van der Waals surface area contributed by atoms with E-state index in [1.807, 2.05) is 24.3 Å². The lowest BCUT2D eigenvalue weighted by molar-refractivity contribution is -0.117. The Hall–Kier alpha value is -2.27. The molecule has 5 heteroatoms. The summed E-state index contributed by atoms with van der Waals surface area (Å²) in [5.41, 5.74) is 8.14. The van der Waals surface area contributed by atoms with Crippen LogP contribution in [0.3, 0.4) is 0 Å². The smallest absolute Gasteiger partial charge is 0.246 e. The number of aliphatic hydroxyl groups is 1. The summed E-state index contributed by atoms with van der Waals surface area (Å²) in [5, 5.41) is 14.5. The molecule has 19 heavy (non-hydrogen) atoms. The van der Waals surface area contributed by atoms with E-state index in [0.717, 1.165) is 11.3 Å². The molecule has 1 rings (SSSR count). The highest BCUT2D eigenvalue weighted by atomic mass is 16.3. The zero-order chi connectivity index (χ0) is 14.3. The minimum absolute atomic E-state index is 0.152. The number of nitrogens with two attached hydrogens (primary N) is 1. The van der Waals surface area contributed by atoms with Gasteiger partial charge in [0.2, 0.25) is 5.91 Å². The molecule has 0 aliphatic rings. The second kappa shape index (κ2) is 7.23. The molecule has 5 N–H and O–H groups in total. The SMILES string of the molecule is C=C(C)C(=O)NCc1ccc(N/C=C(\N)CO)cc1. The molecule has 0 bridgehead atoms. The molecule has 1 aromatic rings. The summed E-state index contributed by atoms with van der Waals surface area (Å²) in [7, 11) is 0. The molecule has 0 radical (unpaired) electrons. The molecule has 0 aliphatic heterocycles. The predicted molar refractivity (Wildman–Crippen MR) is 76.1 cm³/mol. The largest absolute Gasteiger partial charge is 0.399 e. The molecule has 5 nitrogen and oxygen atoms in total. The maximum atomic E-state index is 11.3. The average molecular weight is 261 g/mol. The van der Waals surface area contributed by atoms with E-state index < -0.39 is 0 Å². The van der Waals surface area contributed by atoms with Crippen LogP contribution in [0.15, 0.2) is 48.3 Å². The number of carbonyl (C=O) groups is 1. The van der Waals surface area contributed by atoms with Crippen molar-refractivity contribution < 1.29 is 9.90 Å². The van der Waals surface area contributed by atoms with Gasteiger partial charge in [-0.1, -0.05) is 18.7 Å². The molecule has 0 aliphatic carbocycles. The number of hydrogen-bond acceptors (Lipinski definition) is 4. The first-order valence-corrected chi connectivity index (χ1v) is 5.87. The summed E-state index contributed by atoms with van der Waals surface area (Å²) < 4.78 is 0. The van der Waals surface area contributed by atoms with E-state index in [0.29, 0.717) is 17.8 Å². The van der Waals surface area contributed by atoms with Gasteiger partial charge >= 0.3 is 0 Å². The Morgan fingerprint density at radius 3 is 2.58 bits per heavy atom. The van der Waals surface area contributed by atoms with Crippen LogP contribution in [0.2, 0.25) is 0 Å². The summed E-state index contributed by atoms with van der Waals surface area (Å²) in [6.07, 6.45) is 1.54. The summed E-state index contributed by atoms with van der Waals surface area (Å²) in [6.45, 7) is 5.51. The fourth-order valence-electron chi connectivity index (χ4n) is 1.27. The maximum absolute atomic E-state index is 11.3. The first kappa shape index (κ1) is 14.8. The minimum Gasteiger partial charge on any atom is -0.399 e. The van der Waals surface area contributed by atoms with Crippen LogP contribution in [0.5, 0.6) is 0 Å². The highest BCUT2D eigenvalue weighted by molar-refractivity contribution is 5.91. The predicted octanol–water partition coefficient (Wildman–Crippen LogP) is 1.08. The Balaban J connectivity index is 2.52. The molecule has 0 spiro atoms. The van der Waals surface area contributed by atoms with E-state index in [2.05, 4.69) is 17.2 Å². The number of benzene rings is 1. The number of nitrogens with one attached hydrogen (secondary N) is 2. The van der Waals surface area contributed by atoms with Crippen molar-refractivity contribution in [3.63, 3.8) is 0 Å². The van der Waals surface area contributed by atoms with E-state index in [1.165, 1.54) is 6.20 Å². The van der Waals surface area contributed by atoms with Gasteiger partial charge in [-0.2, -0.15) is 0 Å². The fourth-order valence-corrected chi connectivity index (χ4v) is 1.27. The third kappa shape index (κ3) is 5.27. The van der Waals surface area contributed by atoms with Gasteiger partial charge in [-0.15, -0.1) is 0 Å². The van der Waals surface area contributed by atoms with Gasteiger partial charge in [0.15, 0.2) is 0 Å². The monoisotopic (exact) mass is 261 g/mol. The van der Waals surface area contributed by atoms with Crippen molar-refractivity contribution in [2.45, 2.75) is 13.5 Å². The lowest BCUT2D eigenvalue weighted by atomic mass is 10.2. The number of aliphatic hydroxyl groups excluding tert-OH is 1. The van der Waals surface area contributed by atoms with Crippen molar-refractivity contribution in [2.75, 3.05) is 11.9 Å². The Morgan fingerprint density at radius 2 is 2.05 bits per heavy atom. The molecule has 0 saturated carbocycles. The van der Waals surface area contributed by atoms with Crippen molar-refractivity contribution in [1.29, 1.82) is 0 Å². The summed E-state index contributed by atoms with van der Waals surface area (Å²) in [6, 6.07) is 7.51. The highest BCUT2D eigenvalue weighted by Crippen LogP contribution is 2.09. The molecule has 0 fully saturated rings. The molecule has 0 saturated heterocycles. The molecule has 0 aromatic heterocycles. The van der Waals surface area contributed by atoms with Crippen LogP contribution < -0.4 is 16.4 Å². The van der Waals surface area contributed by atoms with Crippen molar-refractivity contribution in [3.05, 3.63) is 53.9 Å². The summed E-state index contributed by atoms with van der Waals surface area (Å²) in [5.74, 6) is -0.152. The van der Waals surface area contributed by atoms with E-state index >= 15 is 0 Å². The number of anilines is 1. The highest BCUT2D eigenvalue weighted by Gasteiger charge is 2.00. The summed E-state index contributed by atoms with van der Waals surface area (Å²) in [4.78, 5) is 11.3. The lowest BCUT2D eigenvalue weighted by Crippen LogP contribution is -2.22. The van der Waals surface area contributed by atoms with Crippen LogP contribution in [-0.2, 0) is 11.3 Å². The zero-order valence-electron chi connectivity index (χ0n) is 10.9. The van der Waals surface area contributed by atoms with Crippen LogP contribution in [0.25, 0.3) is 0 Å². The van der Waals surface area contributed by atoms with E-state index in [-0.39, 0.29) is 12.5 Å². The normalized spacial score (nSPS) is 10.9. The second-order valence-electron chi connectivity index (χ2n) is 4.18. The van der Waals surface area contributed by atoms with Crippen LogP contribution in [0, 0.1) is 0 Å². The van der Waals surface area contributed by atoms with Gasteiger partial charge in [0.25, 0.3) is 0 Å².